The lowest BCUT2D eigenvalue weighted by Gasteiger charge is -2.45. The van der Waals surface area contributed by atoms with Crippen molar-refractivity contribution in [2.24, 2.45) is 0 Å². The molecule has 2 heterocycles. The molecule has 0 spiro atoms. The van der Waals surface area contributed by atoms with Gasteiger partial charge in [0.05, 0.1) is 0 Å². The summed E-state index contributed by atoms with van der Waals surface area (Å²) in [6.45, 7) is 0.00312. The van der Waals surface area contributed by atoms with Crippen LogP contribution in [0.3, 0.4) is 0 Å². The van der Waals surface area contributed by atoms with Crippen molar-refractivity contribution in [3.63, 3.8) is 0 Å². The van der Waals surface area contributed by atoms with Crippen LogP contribution in [0.5, 0.6) is 0 Å². The van der Waals surface area contributed by atoms with E-state index >= 15 is 0 Å². The SMILES string of the molecule is c1cc2c3c(c1)N(c1ccc4c5ccccc5c5ccccc5c4c1)c1c(ccc4ccccc14)B3c1ccc3ccccc3c1N2c1ccc2c3ccccc3c3ccccc3c2c1. The Morgan fingerprint density at radius 3 is 0.954 bits per heavy atom. The van der Waals surface area contributed by atoms with E-state index in [1.54, 1.807) is 0 Å². The third-order valence-corrected chi connectivity index (χ3v) is 14.7. The maximum absolute atomic E-state index is 2.58. The summed E-state index contributed by atoms with van der Waals surface area (Å²) in [6, 6.07) is 84.3. The lowest BCUT2D eigenvalue weighted by Crippen LogP contribution is -2.61. The van der Waals surface area contributed by atoms with Crippen molar-refractivity contribution in [3.8, 4) is 0 Å². The van der Waals surface area contributed by atoms with Crippen molar-refractivity contribution in [1.82, 2.24) is 0 Å². The molecule has 0 aromatic heterocycles. The Morgan fingerprint density at radius 2 is 0.569 bits per heavy atom. The standard InChI is InChI=1S/C62H37BN2/c1-3-16-42-38(14-1)28-34-56-61(42)64(40-30-32-52-48-22-7-5-18-44(48)46-20-9-11-24-50(46)54(52)36-40)58-26-13-27-59-60(58)63(56)57-35-29-39-15-2-4-17-43(39)62(57)65(59)41-31-33-53-49-23-8-6-19-45(49)47-21-10-12-25-51(47)55(53)37-41/h1-37H. The van der Waals surface area contributed by atoms with E-state index in [9.17, 15) is 0 Å². The molecule has 0 saturated carbocycles. The van der Waals surface area contributed by atoms with Gasteiger partial charge in [0.1, 0.15) is 0 Å². The maximum Gasteiger partial charge on any atom is 0.252 e. The lowest BCUT2D eigenvalue weighted by atomic mass is 9.33. The fraction of sp³-hybridized carbons (Fsp3) is 0. The van der Waals surface area contributed by atoms with Gasteiger partial charge in [-0.05, 0) is 128 Å². The minimum absolute atomic E-state index is 0.00312. The number of anilines is 6. The second kappa shape index (κ2) is 13.1. The lowest BCUT2D eigenvalue weighted by molar-refractivity contribution is 1.27. The van der Waals surface area contributed by atoms with Gasteiger partial charge in [-0.25, -0.2) is 0 Å². The summed E-state index contributed by atoms with van der Waals surface area (Å²) in [4.78, 5) is 5.17. The molecule has 0 saturated heterocycles. The van der Waals surface area contributed by atoms with Gasteiger partial charge >= 0.3 is 0 Å². The molecule has 65 heavy (non-hydrogen) atoms. The number of hydrogen-bond acceptors (Lipinski definition) is 2. The van der Waals surface area contributed by atoms with Gasteiger partial charge in [0, 0.05) is 44.9 Å². The third-order valence-electron chi connectivity index (χ3n) is 14.7. The molecule has 2 nitrogen and oxygen atoms in total. The largest absolute Gasteiger partial charge is 0.311 e. The van der Waals surface area contributed by atoms with Crippen molar-refractivity contribution in [2.75, 3.05) is 9.80 Å². The smallest absolute Gasteiger partial charge is 0.252 e. The van der Waals surface area contributed by atoms with Crippen molar-refractivity contribution in [1.29, 1.82) is 0 Å². The summed E-state index contributed by atoms with van der Waals surface area (Å²) < 4.78 is 0. The van der Waals surface area contributed by atoms with E-state index in [4.69, 9.17) is 0 Å². The van der Waals surface area contributed by atoms with E-state index in [1.807, 2.05) is 0 Å². The van der Waals surface area contributed by atoms with E-state index < -0.39 is 0 Å². The summed E-state index contributed by atoms with van der Waals surface area (Å²) in [5.41, 5.74) is 11.2. The van der Waals surface area contributed by atoms with Crippen molar-refractivity contribution in [2.45, 2.75) is 0 Å². The summed E-state index contributed by atoms with van der Waals surface area (Å²) in [6.07, 6.45) is 0. The van der Waals surface area contributed by atoms with Crippen LogP contribution in [0.2, 0.25) is 0 Å². The van der Waals surface area contributed by atoms with Crippen molar-refractivity contribution >= 4 is 143 Å². The van der Waals surface area contributed by atoms with Crippen LogP contribution in [0.4, 0.5) is 34.1 Å². The molecule has 13 aromatic carbocycles. The Balaban J connectivity index is 1.05. The molecule has 13 aromatic rings. The third kappa shape index (κ3) is 4.74. The Hall–Kier alpha value is -8.40. The number of benzene rings is 13. The molecule has 2 aliphatic rings. The van der Waals surface area contributed by atoms with Crippen LogP contribution in [0.1, 0.15) is 0 Å². The molecule has 2 aliphatic heterocycles. The fourth-order valence-electron chi connectivity index (χ4n) is 12.1. The van der Waals surface area contributed by atoms with Crippen molar-refractivity contribution in [3.05, 3.63) is 224 Å². The van der Waals surface area contributed by atoms with Gasteiger partial charge in [-0.15, -0.1) is 0 Å². The summed E-state index contributed by atoms with van der Waals surface area (Å²) in [7, 11) is 0. The van der Waals surface area contributed by atoms with Crippen LogP contribution in [-0.4, -0.2) is 6.71 Å². The van der Waals surface area contributed by atoms with Crippen LogP contribution >= 0.6 is 0 Å². The van der Waals surface area contributed by atoms with Crippen LogP contribution in [0.15, 0.2) is 224 Å². The molecule has 0 unspecified atom stereocenters. The van der Waals surface area contributed by atoms with Gasteiger partial charge in [-0.1, -0.05) is 188 Å². The highest BCUT2D eigenvalue weighted by atomic mass is 15.2. The average Bonchev–Trinajstić information content (AvgIpc) is 3.38. The molecule has 15 rings (SSSR count). The predicted molar refractivity (Wildman–Crippen MR) is 281 cm³/mol. The first-order chi connectivity index (χ1) is 32.3. The molecule has 0 bridgehead atoms. The number of nitrogens with zero attached hydrogens (tertiary/aromatic N) is 2. The molecule has 3 heteroatoms. The summed E-state index contributed by atoms with van der Waals surface area (Å²) in [5, 5.41) is 20.3. The highest BCUT2D eigenvalue weighted by Gasteiger charge is 2.44. The predicted octanol–water partition coefficient (Wildman–Crippen LogP) is 15.0. The van der Waals surface area contributed by atoms with E-state index in [0.29, 0.717) is 0 Å². The minimum Gasteiger partial charge on any atom is -0.311 e. The van der Waals surface area contributed by atoms with Gasteiger partial charge < -0.3 is 9.80 Å². The average molecular weight is 821 g/mol. The molecule has 0 atom stereocenters. The highest BCUT2D eigenvalue weighted by Crippen LogP contribution is 2.49. The Morgan fingerprint density at radius 1 is 0.246 bits per heavy atom. The first kappa shape index (κ1) is 35.1. The molecular formula is C62H37BN2. The molecule has 0 radical (unpaired) electrons. The van der Waals surface area contributed by atoms with Gasteiger partial charge in [0.15, 0.2) is 0 Å². The van der Waals surface area contributed by atoms with Crippen LogP contribution < -0.4 is 26.2 Å². The van der Waals surface area contributed by atoms with E-state index in [-0.39, 0.29) is 6.71 Å². The van der Waals surface area contributed by atoms with Crippen LogP contribution in [0.25, 0.3) is 86.2 Å². The van der Waals surface area contributed by atoms with Crippen molar-refractivity contribution < 1.29 is 0 Å². The van der Waals surface area contributed by atoms with Crippen LogP contribution in [0, 0.1) is 0 Å². The second-order valence-corrected chi connectivity index (χ2v) is 17.9. The summed E-state index contributed by atoms with van der Waals surface area (Å²) >= 11 is 0. The van der Waals surface area contributed by atoms with Gasteiger partial charge in [0.25, 0.3) is 6.71 Å². The highest BCUT2D eigenvalue weighted by molar-refractivity contribution is 7.00. The number of hydrogen-bond donors (Lipinski definition) is 0. The summed E-state index contributed by atoms with van der Waals surface area (Å²) in [5.74, 6) is 0. The Kier molecular flexibility index (Phi) is 7.06. The zero-order chi connectivity index (χ0) is 42.3. The minimum atomic E-state index is 0.00312. The molecule has 0 amide bonds. The quantitative estimate of drug-likeness (QED) is 0.127. The molecule has 298 valence electrons. The van der Waals surface area contributed by atoms with E-state index in [1.165, 1.54) is 125 Å². The molecular weight excluding hydrogens is 784 g/mol. The molecule has 0 fully saturated rings. The molecule has 0 aliphatic carbocycles. The number of fused-ring (bicyclic) bond motifs is 20. The van der Waals surface area contributed by atoms with E-state index in [0.717, 1.165) is 11.4 Å². The maximum atomic E-state index is 2.58. The second-order valence-electron chi connectivity index (χ2n) is 17.9. The monoisotopic (exact) mass is 820 g/mol. The number of rotatable bonds is 2. The Bertz CT molecular complexity index is 3890. The van der Waals surface area contributed by atoms with Crippen LogP contribution in [-0.2, 0) is 0 Å². The van der Waals surface area contributed by atoms with Gasteiger partial charge in [-0.3, -0.25) is 0 Å². The van der Waals surface area contributed by atoms with Gasteiger partial charge in [-0.2, -0.15) is 0 Å². The topological polar surface area (TPSA) is 6.48 Å². The first-order valence-corrected chi connectivity index (χ1v) is 22.7. The Labute approximate surface area is 375 Å². The normalized spacial score (nSPS) is 13.1. The van der Waals surface area contributed by atoms with Gasteiger partial charge in [0.2, 0.25) is 0 Å². The molecule has 0 N–H and O–H groups in total. The fourth-order valence-corrected chi connectivity index (χ4v) is 12.1. The zero-order valence-corrected chi connectivity index (χ0v) is 35.3. The zero-order valence-electron chi connectivity index (χ0n) is 35.3. The van der Waals surface area contributed by atoms with E-state index in [2.05, 4.69) is 234 Å². The first-order valence-electron chi connectivity index (χ1n) is 22.7.